The van der Waals surface area contributed by atoms with Gasteiger partial charge in [0.25, 0.3) is 0 Å². The van der Waals surface area contributed by atoms with Crippen LogP contribution in [-0.4, -0.2) is 37.2 Å². The number of unbranched alkanes of at least 4 members (excludes halogenated alkanes) is 27. The average molecular weight is 1120 g/mol. The van der Waals surface area contributed by atoms with Crippen LogP contribution < -0.4 is 0 Å². The zero-order chi connectivity index (χ0) is 58.5. The third kappa shape index (κ3) is 66.2. The van der Waals surface area contributed by atoms with E-state index in [4.69, 9.17) is 14.2 Å². The van der Waals surface area contributed by atoms with E-state index >= 15 is 0 Å². The average Bonchev–Trinajstić information content (AvgIpc) is 3.46. The Morgan fingerprint density at radius 1 is 0.259 bits per heavy atom. The molecule has 460 valence electrons. The van der Waals surface area contributed by atoms with Crippen LogP contribution in [0.15, 0.2) is 134 Å². The summed E-state index contributed by atoms with van der Waals surface area (Å²) in [6, 6.07) is 0. The molecule has 6 nitrogen and oxygen atoms in total. The second kappa shape index (κ2) is 68.1. The van der Waals surface area contributed by atoms with Gasteiger partial charge in [-0.1, -0.05) is 302 Å². The Labute approximate surface area is 500 Å². The van der Waals surface area contributed by atoms with Gasteiger partial charge in [0.15, 0.2) is 6.10 Å². The minimum atomic E-state index is -0.797. The summed E-state index contributed by atoms with van der Waals surface area (Å²) < 4.78 is 16.8. The van der Waals surface area contributed by atoms with Crippen LogP contribution in [0.25, 0.3) is 0 Å². The lowest BCUT2D eigenvalue weighted by atomic mass is 10.0. The van der Waals surface area contributed by atoms with Crippen molar-refractivity contribution in [2.45, 2.75) is 309 Å². The molecule has 0 N–H and O–H groups in total. The second-order valence-electron chi connectivity index (χ2n) is 22.0. The summed E-state index contributed by atoms with van der Waals surface area (Å²) in [5, 5.41) is 0. The molecule has 1 unspecified atom stereocenters. The van der Waals surface area contributed by atoms with E-state index in [0.717, 1.165) is 135 Å². The SMILES string of the molecule is CC/C=C\C/C=C\C/C=C\C/C=C\C/C=C\C/C=C\C/C=C\CCCCCC(=O)OC(COC(=O)CCCCCCCCC)COC(=O)CCCCCCCCCCCCCCCCCCCC/C=C\C/C=C\C/C=C\C/C=C\CC. The maximum Gasteiger partial charge on any atom is 0.306 e. The standard InChI is InChI=1S/C75H124O6/c1-4-7-10-13-16-18-20-22-24-26-28-30-32-34-35-36-37-38-39-41-42-44-46-48-50-52-54-56-59-62-65-68-74(77)80-71-72(70-79-73(76)67-64-61-58-15-12-9-6-3)81-75(78)69-66-63-60-57-55-53-51-49-47-45-43-40-33-31-29-27-25-23-21-19-17-14-11-8-5-2/h7-8,10-11,16-19,22-25,28-31,40,43,47,49,53,55,72H,4-6,9,12-15,20-21,26-27,32-39,41-42,44-46,48,50-52,54,56-71H2,1-3H3/b10-7-,11-8-,18-16-,19-17-,24-22-,25-23-,30-28-,31-29-,43-40-,49-47-,55-53-. The van der Waals surface area contributed by atoms with Crippen LogP contribution in [0.4, 0.5) is 0 Å². The first-order valence-corrected chi connectivity index (χ1v) is 33.7. The van der Waals surface area contributed by atoms with Gasteiger partial charge in [0, 0.05) is 19.3 Å². The van der Waals surface area contributed by atoms with Crippen molar-refractivity contribution < 1.29 is 28.6 Å². The Morgan fingerprint density at radius 3 is 0.765 bits per heavy atom. The quantitative estimate of drug-likeness (QED) is 0.0261. The second-order valence-corrected chi connectivity index (χ2v) is 22.0. The Balaban J connectivity index is 4.15. The van der Waals surface area contributed by atoms with Crippen molar-refractivity contribution in [3.05, 3.63) is 134 Å². The molecule has 0 aromatic carbocycles. The Hall–Kier alpha value is -4.45. The molecule has 0 bridgehead atoms. The van der Waals surface area contributed by atoms with Gasteiger partial charge in [-0.05, 0) is 116 Å². The van der Waals surface area contributed by atoms with Crippen molar-refractivity contribution in [1.29, 1.82) is 0 Å². The molecular weight excluding hydrogens is 997 g/mol. The molecule has 0 aliphatic carbocycles. The van der Waals surface area contributed by atoms with Crippen LogP contribution in [0, 0.1) is 0 Å². The number of ether oxygens (including phenoxy) is 3. The van der Waals surface area contributed by atoms with Gasteiger partial charge in [-0.15, -0.1) is 0 Å². The highest BCUT2D eigenvalue weighted by Crippen LogP contribution is 2.16. The molecule has 0 spiro atoms. The highest BCUT2D eigenvalue weighted by atomic mass is 16.6. The van der Waals surface area contributed by atoms with Crippen LogP contribution >= 0.6 is 0 Å². The van der Waals surface area contributed by atoms with Gasteiger partial charge >= 0.3 is 17.9 Å². The molecule has 6 heteroatoms. The van der Waals surface area contributed by atoms with E-state index < -0.39 is 6.10 Å². The van der Waals surface area contributed by atoms with Crippen molar-refractivity contribution in [2.75, 3.05) is 13.2 Å². The van der Waals surface area contributed by atoms with Crippen molar-refractivity contribution in [3.63, 3.8) is 0 Å². The molecule has 0 amide bonds. The monoisotopic (exact) mass is 1120 g/mol. The fourth-order valence-electron chi connectivity index (χ4n) is 9.18. The summed E-state index contributed by atoms with van der Waals surface area (Å²) in [7, 11) is 0. The van der Waals surface area contributed by atoms with E-state index in [2.05, 4.69) is 154 Å². The van der Waals surface area contributed by atoms with Crippen LogP contribution in [-0.2, 0) is 28.6 Å². The number of carbonyl (C=O) groups is 3. The van der Waals surface area contributed by atoms with Gasteiger partial charge in [0.05, 0.1) is 0 Å². The first-order valence-electron chi connectivity index (χ1n) is 33.7. The fraction of sp³-hybridized carbons (Fsp3) is 0.667. The molecule has 0 saturated heterocycles. The zero-order valence-electron chi connectivity index (χ0n) is 52.8. The molecule has 0 fully saturated rings. The summed E-state index contributed by atoms with van der Waals surface area (Å²) in [5.41, 5.74) is 0. The van der Waals surface area contributed by atoms with Gasteiger partial charge in [-0.3, -0.25) is 14.4 Å². The van der Waals surface area contributed by atoms with Gasteiger partial charge in [0.1, 0.15) is 13.2 Å². The molecule has 0 aliphatic heterocycles. The third-order valence-corrected chi connectivity index (χ3v) is 14.2. The molecule has 1 atom stereocenters. The molecule has 81 heavy (non-hydrogen) atoms. The number of carbonyl (C=O) groups excluding carboxylic acids is 3. The summed E-state index contributed by atoms with van der Waals surface area (Å²) >= 11 is 0. The van der Waals surface area contributed by atoms with E-state index in [-0.39, 0.29) is 37.5 Å². The lowest BCUT2D eigenvalue weighted by Crippen LogP contribution is -2.30. The van der Waals surface area contributed by atoms with Crippen molar-refractivity contribution in [2.24, 2.45) is 0 Å². The molecule has 0 aliphatic rings. The fourth-order valence-corrected chi connectivity index (χ4v) is 9.18. The zero-order valence-corrected chi connectivity index (χ0v) is 52.8. The van der Waals surface area contributed by atoms with E-state index in [1.54, 1.807) is 0 Å². The first-order chi connectivity index (χ1) is 40.0. The van der Waals surface area contributed by atoms with Crippen molar-refractivity contribution in [3.8, 4) is 0 Å². The normalized spacial score (nSPS) is 13.0. The van der Waals surface area contributed by atoms with Crippen LogP contribution in [0.2, 0.25) is 0 Å². The molecule has 0 rings (SSSR count). The predicted molar refractivity (Wildman–Crippen MR) is 353 cm³/mol. The predicted octanol–water partition coefficient (Wildman–Crippen LogP) is 23.3. The number of hydrogen-bond donors (Lipinski definition) is 0. The summed E-state index contributed by atoms with van der Waals surface area (Å²) in [5.74, 6) is -0.926. The molecule has 0 aromatic heterocycles. The minimum Gasteiger partial charge on any atom is -0.462 e. The molecule has 0 heterocycles. The van der Waals surface area contributed by atoms with Gasteiger partial charge in [-0.2, -0.15) is 0 Å². The number of rotatable bonds is 60. The maximum atomic E-state index is 12.9. The highest BCUT2D eigenvalue weighted by molar-refractivity contribution is 5.71. The van der Waals surface area contributed by atoms with Crippen LogP contribution in [0.3, 0.4) is 0 Å². The molecular formula is C75H124O6. The lowest BCUT2D eigenvalue weighted by Gasteiger charge is -2.18. The van der Waals surface area contributed by atoms with Crippen molar-refractivity contribution >= 4 is 17.9 Å². The van der Waals surface area contributed by atoms with Crippen LogP contribution in [0.5, 0.6) is 0 Å². The molecule has 0 radical (unpaired) electrons. The molecule has 0 saturated carbocycles. The Bertz CT molecular complexity index is 1720. The van der Waals surface area contributed by atoms with E-state index in [0.29, 0.717) is 12.8 Å². The smallest absolute Gasteiger partial charge is 0.306 e. The first kappa shape index (κ1) is 76.5. The maximum absolute atomic E-state index is 12.9. The van der Waals surface area contributed by atoms with Crippen molar-refractivity contribution in [1.82, 2.24) is 0 Å². The Morgan fingerprint density at radius 2 is 0.481 bits per heavy atom. The van der Waals surface area contributed by atoms with E-state index in [9.17, 15) is 14.4 Å². The van der Waals surface area contributed by atoms with Crippen LogP contribution in [0.1, 0.15) is 303 Å². The van der Waals surface area contributed by atoms with Gasteiger partial charge in [0.2, 0.25) is 0 Å². The summed E-state index contributed by atoms with van der Waals surface area (Å²) in [4.78, 5) is 38.1. The number of esters is 3. The highest BCUT2D eigenvalue weighted by Gasteiger charge is 2.19. The number of allylic oxidation sites excluding steroid dienone is 22. The topological polar surface area (TPSA) is 78.9 Å². The third-order valence-electron chi connectivity index (χ3n) is 14.2. The van der Waals surface area contributed by atoms with Gasteiger partial charge in [-0.25, -0.2) is 0 Å². The lowest BCUT2D eigenvalue weighted by molar-refractivity contribution is -0.167. The largest absolute Gasteiger partial charge is 0.462 e. The van der Waals surface area contributed by atoms with E-state index in [1.807, 2.05) is 0 Å². The number of hydrogen-bond acceptors (Lipinski definition) is 6. The Kier molecular flexibility index (Phi) is 64.3. The van der Waals surface area contributed by atoms with Gasteiger partial charge < -0.3 is 14.2 Å². The molecule has 0 aromatic rings. The minimum absolute atomic E-state index is 0.0918. The summed E-state index contributed by atoms with van der Waals surface area (Å²) in [6.45, 7) is 6.36. The summed E-state index contributed by atoms with van der Waals surface area (Å²) in [6.07, 6.45) is 96.4. The van der Waals surface area contributed by atoms with E-state index in [1.165, 1.54) is 128 Å².